The van der Waals surface area contributed by atoms with Crippen LogP contribution in [-0.4, -0.2) is 27.1 Å². The van der Waals surface area contributed by atoms with Crippen molar-refractivity contribution in [1.29, 1.82) is 0 Å². The summed E-state index contributed by atoms with van der Waals surface area (Å²) in [7, 11) is 4.64. The molecule has 0 radical (unpaired) electrons. The lowest BCUT2D eigenvalue weighted by Gasteiger charge is -2.36. The average Bonchev–Trinajstić information content (AvgIpc) is 2.62. The van der Waals surface area contributed by atoms with Gasteiger partial charge in [0.1, 0.15) is 0 Å². The SMILES string of the molecule is COc1cc(C(=O)C2CCC2c2ccc(C)c(N)c2)cc(OC)c1OC. The van der Waals surface area contributed by atoms with E-state index in [2.05, 4.69) is 6.07 Å². The van der Waals surface area contributed by atoms with Crippen LogP contribution in [0.3, 0.4) is 0 Å². The lowest BCUT2D eigenvalue weighted by Crippen LogP contribution is -2.31. The Balaban J connectivity index is 1.90. The lowest BCUT2D eigenvalue weighted by atomic mass is 9.67. The molecule has 2 aromatic rings. The Morgan fingerprint density at radius 3 is 2.12 bits per heavy atom. The number of nitrogens with two attached hydrogens (primary N) is 1. The van der Waals surface area contributed by atoms with Crippen LogP contribution in [0, 0.1) is 12.8 Å². The molecule has 0 bridgehead atoms. The summed E-state index contributed by atoms with van der Waals surface area (Å²) in [6.07, 6.45) is 1.86. The number of methoxy groups -OCH3 is 3. The van der Waals surface area contributed by atoms with E-state index in [1.807, 2.05) is 19.1 Å². The van der Waals surface area contributed by atoms with E-state index in [9.17, 15) is 4.79 Å². The molecule has 0 spiro atoms. The number of hydrogen-bond acceptors (Lipinski definition) is 5. The lowest BCUT2D eigenvalue weighted by molar-refractivity contribution is 0.0818. The second-order valence-corrected chi connectivity index (χ2v) is 6.68. The molecule has 2 unspecified atom stereocenters. The van der Waals surface area contributed by atoms with Gasteiger partial charge in [-0.05, 0) is 55.0 Å². The highest BCUT2D eigenvalue weighted by atomic mass is 16.5. The first kappa shape index (κ1) is 18.1. The monoisotopic (exact) mass is 355 g/mol. The molecule has 0 aromatic heterocycles. The Hall–Kier alpha value is -2.69. The first-order valence-corrected chi connectivity index (χ1v) is 8.70. The number of carbonyl (C=O) groups is 1. The van der Waals surface area contributed by atoms with Gasteiger partial charge >= 0.3 is 0 Å². The van der Waals surface area contributed by atoms with Gasteiger partial charge in [0.25, 0.3) is 0 Å². The van der Waals surface area contributed by atoms with Crippen molar-refractivity contribution in [2.75, 3.05) is 27.1 Å². The van der Waals surface area contributed by atoms with Gasteiger partial charge in [-0.1, -0.05) is 12.1 Å². The third-order valence-electron chi connectivity index (χ3n) is 5.29. The molecule has 5 heteroatoms. The molecule has 5 nitrogen and oxygen atoms in total. The van der Waals surface area contributed by atoms with Crippen LogP contribution in [0.25, 0.3) is 0 Å². The zero-order chi connectivity index (χ0) is 18.8. The Labute approximate surface area is 154 Å². The van der Waals surface area contributed by atoms with Crippen molar-refractivity contribution in [3.05, 3.63) is 47.0 Å². The normalized spacial score (nSPS) is 18.8. The smallest absolute Gasteiger partial charge is 0.203 e. The fraction of sp³-hybridized carbons (Fsp3) is 0.381. The maximum Gasteiger partial charge on any atom is 0.203 e. The van der Waals surface area contributed by atoms with E-state index in [0.717, 1.165) is 29.7 Å². The van der Waals surface area contributed by atoms with Crippen molar-refractivity contribution in [3.8, 4) is 17.2 Å². The third-order valence-corrected chi connectivity index (χ3v) is 5.29. The highest BCUT2D eigenvalue weighted by molar-refractivity contribution is 6.00. The zero-order valence-corrected chi connectivity index (χ0v) is 15.7. The molecule has 0 heterocycles. The predicted octanol–water partition coefficient (Wildman–Crippen LogP) is 3.98. The van der Waals surface area contributed by atoms with Crippen molar-refractivity contribution in [2.45, 2.75) is 25.7 Å². The number of ketones is 1. The van der Waals surface area contributed by atoms with Gasteiger partial charge in [-0.3, -0.25) is 4.79 Å². The van der Waals surface area contributed by atoms with Gasteiger partial charge in [0.2, 0.25) is 5.75 Å². The number of aryl methyl sites for hydroxylation is 1. The van der Waals surface area contributed by atoms with Gasteiger partial charge < -0.3 is 19.9 Å². The van der Waals surface area contributed by atoms with Gasteiger partial charge in [0.05, 0.1) is 21.3 Å². The molecule has 1 aliphatic carbocycles. The number of carbonyl (C=O) groups excluding carboxylic acids is 1. The summed E-state index contributed by atoms with van der Waals surface area (Å²) in [5.74, 6) is 1.71. The number of ether oxygens (including phenoxy) is 3. The number of hydrogen-bond donors (Lipinski definition) is 1. The molecule has 3 rings (SSSR count). The summed E-state index contributed by atoms with van der Waals surface area (Å²) in [4.78, 5) is 13.1. The van der Waals surface area contributed by atoms with Crippen LogP contribution in [0.5, 0.6) is 17.2 Å². The van der Waals surface area contributed by atoms with Crippen LogP contribution in [0.1, 0.15) is 40.2 Å². The van der Waals surface area contributed by atoms with Gasteiger partial charge in [0.15, 0.2) is 17.3 Å². The number of Topliss-reactive ketones (excluding diaryl/α,β-unsaturated/α-hetero) is 1. The highest BCUT2D eigenvalue weighted by Crippen LogP contribution is 2.46. The summed E-state index contributed by atoms with van der Waals surface area (Å²) in [5.41, 5.74) is 9.58. The maximum atomic E-state index is 13.1. The molecule has 1 aliphatic rings. The molecule has 1 fully saturated rings. The van der Waals surface area contributed by atoms with Crippen LogP contribution in [0.15, 0.2) is 30.3 Å². The Morgan fingerprint density at radius 2 is 1.65 bits per heavy atom. The standard InChI is InChI=1S/C21H25NO4/c1-12-5-6-13(9-17(12)22)15-7-8-16(15)20(23)14-10-18(24-2)21(26-4)19(11-14)25-3/h5-6,9-11,15-16H,7-8,22H2,1-4H3. The van der Waals surface area contributed by atoms with Gasteiger partial charge in [-0.25, -0.2) is 0 Å². The summed E-state index contributed by atoms with van der Waals surface area (Å²) in [5, 5.41) is 0. The molecule has 0 saturated heterocycles. The zero-order valence-electron chi connectivity index (χ0n) is 15.7. The van der Waals surface area contributed by atoms with Crippen molar-refractivity contribution in [2.24, 2.45) is 5.92 Å². The van der Waals surface area contributed by atoms with Gasteiger partial charge in [0, 0.05) is 17.2 Å². The maximum absolute atomic E-state index is 13.1. The van der Waals surface area contributed by atoms with Gasteiger partial charge in [-0.2, -0.15) is 0 Å². The Bertz CT molecular complexity index is 806. The number of anilines is 1. The van der Waals surface area contributed by atoms with Crippen molar-refractivity contribution in [1.82, 2.24) is 0 Å². The number of nitrogen functional groups attached to an aromatic ring is 1. The summed E-state index contributed by atoms with van der Waals surface area (Å²) in [6, 6.07) is 9.54. The van der Waals surface area contributed by atoms with Crippen LogP contribution < -0.4 is 19.9 Å². The minimum absolute atomic E-state index is 0.0556. The predicted molar refractivity (Wildman–Crippen MR) is 101 cm³/mol. The molecular weight excluding hydrogens is 330 g/mol. The van der Waals surface area contributed by atoms with E-state index in [4.69, 9.17) is 19.9 Å². The summed E-state index contributed by atoms with van der Waals surface area (Å²) < 4.78 is 16.1. The van der Waals surface area contributed by atoms with E-state index in [0.29, 0.717) is 22.8 Å². The van der Waals surface area contributed by atoms with Crippen LogP contribution in [0.2, 0.25) is 0 Å². The number of rotatable bonds is 6. The largest absolute Gasteiger partial charge is 0.493 e. The average molecular weight is 355 g/mol. The molecule has 26 heavy (non-hydrogen) atoms. The molecule has 138 valence electrons. The molecular formula is C21H25NO4. The molecule has 2 atom stereocenters. The minimum atomic E-state index is -0.0556. The molecule has 0 aliphatic heterocycles. The van der Waals surface area contributed by atoms with Crippen molar-refractivity contribution >= 4 is 11.5 Å². The Kier molecular flexibility index (Phi) is 5.07. The van der Waals surface area contributed by atoms with E-state index in [-0.39, 0.29) is 17.6 Å². The third kappa shape index (κ3) is 3.09. The minimum Gasteiger partial charge on any atom is -0.493 e. The summed E-state index contributed by atoms with van der Waals surface area (Å²) >= 11 is 0. The first-order chi connectivity index (χ1) is 12.5. The van der Waals surface area contributed by atoms with E-state index < -0.39 is 0 Å². The second-order valence-electron chi connectivity index (χ2n) is 6.68. The van der Waals surface area contributed by atoms with E-state index in [1.165, 1.54) is 0 Å². The van der Waals surface area contributed by atoms with Crippen LogP contribution in [0.4, 0.5) is 5.69 Å². The summed E-state index contributed by atoms with van der Waals surface area (Å²) in [6.45, 7) is 1.98. The second kappa shape index (κ2) is 7.28. The van der Waals surface area contributed by atoms with E-state index >= 15 is 0 Å². The van der Waals surface area contributed by atoms with Gasteiger partial charge in [-0.15, -0.1) is 0 Å². The topological polar surface area (TPSA) is 70.8 Å². The quantitative estimate of drug-likeness (QED) is 0.627. The van der Waals surface area contributed by atoms with Crippen LogP contribution in [-0.2, 0) is 0 Å². The molecule has 0 amide bonds. The van der Waals surface area contributed by atoms with Crippen LogP contribution >= 0.6 is 0 Å². The molecule has 2 aromatic carbocycles. The molecule has 1 saturated carbocycles. The fourth-order valence-corrected chi connectivity index (χ4v) is 3.54. The first-order valence-electron chi connectivity index (χ1n) is 8.70. The number of benzene rings is 2. The van der Waals surface area contributed by atoms with E-state index in [1.54, 1.807) is 33.5 Å². The highest BCUT2D eigenvalue weighted by Gasteiger charge is 2.38. The molecule has 2 N–H and O–H groups in total. The fourth-order valence-electron chi connectivity index (χ4n) is 3.54. The van der Waals surface area contributed by atoms with Crippen molar-refractivity contribution < 1.29 is 19.0 Å². The van der Waals surface area contributed by atoms with Crippen molar-refractivity contribution in [3.63, 3.8) is 0 Å². The Morgan fingerprint density at radius 1 is 1.00 bits per heavy atom.